The summed E-state index contributed by atoms with van der Waals surface area (Å²) < 4.78 is 27.3. The van der Waals surface area contributed by atoms with Crippen molar-refractivity contribution in [3.8, 4) is 0 Å². The van der Waals surface area contributed by atoms with E-state index in [1.54, 1.807) is 7.11 Å². The molecule has 1 rings (SSSR count). The molecule has 0 aliphatic carbocycles. The highest BCUT2D eigenvalue weighted by atomic mass is 32.2. The molecule has 2 unspecified atom stereocenters. The van der Waals surface area contributed by atoms with E-state index < -0.39 is 9.84 Å². The van der Waals surface area contributed by atoms with Crippen LogP contribution in [0.4, 0.5) is 0 Å². The number of hydrogen-bond acceptors (Lipinski definition) is 6. The first-order chi connectivity index (χ1) is 8.31. The Morgan fingerprint density at radius 2 is 2.22 bits per heavy atom. The predicted molar refractivity (Wildman–Crippen MR) is 73.5 cm³/mol. The topological polar surface area (TPSA) is 82.3 Å². The van der Waals surface area contributed by atoms with E-state index in [-0.39, 0.29) is 17.9 Å². The monoisotopic (exact) mass is 292 g/mol. The Hall–Kier alpha value is -0.500. The summed E-state index contributed by atoms with van der Waals surface area (Å²) in [6.07, 6.45) is 2.49. The number of nitrogens with zero attached hydrogens (tertiary/aromatic N) is 1. The van der Waals surface area contributed by atoms with Gasteiger partial charge in [0.1, 0.15) is 9.84 Å². The summed E-state index contributed by atoms with van der Waals surface area (Å²) in [6, 6.07) is -0.317. The number of hydrogen-bond donors (Lipinski definition) is 1. The van der Waals surface area contributed by atoms with Crippen molar-refractivity contribution in [3.05, 3.63) is 16.1 Å². The fourth-order valence-electron chi connectivity index (χ4n) is 1.41. The number of aromatic nitrogens is 1. The molecule has 18 heavy (non-hydrogen) atoms. The van der Waals surface area contributed by atoms with Crippen molar-refractivity contribution in [2.45, 2.75) is 31.9 Å². The third-order valence-electron chi connectivity index (χ3n) is 2.61. The minimum atomic E-state index is -2.97. The summed E-state index contributed by atoms with van der Waals surface area (Å²) in [4.78, 5) is 4.42. The van der Waals surface area contributed by atoms with Crippen molar-refractivity contribution in [1.29, 1.82) is 0 Å². The summed E-state index contributed by atoms with van der Waals surface area (Å²) in [5.41, 5.74) is 6.69. The van der Waals surface area contributed by atoms with Crippen LogP contribution in [-0.2, 0) is 21.0 Å². The molecule has 2 N–H and O–H groups in total. The van der Waals surface area contributed by atoms with E-state index in [0.29, 0.717) is 6.42 Å². The van der Waals surface area contributed by atoms with Gasteiger partial charge in [-0.3, -0.25) is 0 Å². The first-order valence-corrected chi connectivity index (χ1v) is 8.66. The number of sulfone groups is 1. The normalized spacial score (nSPS) is 15.6. The minimum Gasteiger partial charge on any atom is -0.381 e. The largest absolute Gasteiger partial charge is 0.381 e. The highest BCUT2D eigenvalue weighted by Crippen LogP contribution is 2.19. The first-order valence-electron chi connectivity index (χ1n) is 5.72. The van der Waals surface area contributed by atoms with Gasteiger partial charge in [-0.25, -0.2) is 13.4 Å². The molecule has 1 aromatic rings. The summed E-state index contributed by atoms with van der Waals surface area (Å²) >= 11 is 1.53. The maximum atomic E-state index is 11.1. The lowest BCUT2D eigenvalue weighted by Gasteiger charge is -2.08. The zero-order valence-electron chi connectivity index (χ0n) is 10.9. The van der Waals surface area contributed by atoms with Crippen LogP contribution in [0.25, 0.3) is 0 Å². The Bertz CT molecular complexity index is 470. The predicted octanol–water partition coefficient (Wildman–Crippen LogP) is 1.16. The molecular formula is C11H20N2O3S2. The number of ether oxygens (including phenoxy) is 1. The highest BCUT2D eigenvalue weighted by Gasteiger charge is 2.14. The lowest BCUT2D eigenvalue weighted by Crippen LogP contribution is -2.16. The molecule has 104 valence electrons. The van der Waals surface area contributed by atoms with E-state index in [2.05, 4.69) is 4.98 Å². The van der Waals surface area contributed by atoms with Crippen LogP contribution >= 0.6 is 11.3 Å². The molecule has 1 aromatic heterocycles. The minimum absolute atomic E-state index is 0.0928. The number of thiazole rings is 1. The van der Waals surface area contributed by atoms with Crippen molar-refractivity contribution in [3.63, 3.8) is 0 Å². The van der Waals surface area contributed by atoms with Gasteiger partial charge in [0, 0.05) is 31.2 Å². The average Bonchev–Trinajstić information content (AvgIpc) is 2.73. The fraction of sp³-hybridized carbons (Fsp3) is 0.727. The van der Waals surface area contributed by atoms with Gasteiger partial charge in [0.25, 0.3) is 0 Å². The summed E-state index contributed by atoms with van der Waals surface area (Å²) in [5.74, 6) is 0.0928. The molecule has 7 heteroatoms. The third kappa shape index (κ3) is 5.43. The van der Waals surface area contributed by atoms with E-state index in [1.165, 1.54) is 17.6 Å². The Kier molecular flexibility index (Phi) is 5.71. The van der Waals surface area contributed by atoms with Crippen LogP contribution in [0.15, 0.2) is 5.38 Å². The SMILES string of the molecule is COC(C)Cc1nc(C(N)CCS(C)(=O)=O)cs1. The Morgan fingerprint density at radius 3 is 2.78 bits per heavy atom. The number of nitrogens with two attached hydrogens (primary N) is 1. The second-order valence-electron chi connectivity index (χ2n) is 4.44. The molecule has 0 amide bonds. The maximum absolute atomic E-state index is 11.1. The van der Waals surface area contributed by atoms with Gasteiger partial charge < -0.3 is 10.5 Å². The molecule has 1 heterocycles. The zero-order chi connectivity index (χ0) is 13.8. The second-order valence-corrected chi connectivity index (χ2v) is 7.64. The molecule has 0 bridgehead atoms. The molecule has 0 aliphatic heterocycles. The smallest absolute Gasteiger partial charge is 0.147 e. The van der Waals surface area contributed by atoms with Crippen molar-refractivity contribution in [2.75, 3.05) is 19.1 Å². The summed E-state index contributed by atoms with van der Waals surface area (Å²) in [6.45, 7) is 1.98. The van der Waals surface area contributed by atoms with Gasteiger partial charge in [0.05, 0.1) is 22.6 Å². The molecule has 0 saturated heterocycles. The van der Waals surface area contributed by atoms with Crippen molar-refractivity contribution < 1.29 is 13.2 Å². The molecule has 2 atom stereocenters. The van der Waals surface area contributed by atoms with Crippen molar-refractivity contribution >= 4 is 21.2 Å². The Morgan fingerprint density at radius 1 is 1.56 bits per heavy atom. The molecule has 0 saturated carbocycles. The van der Waals surface area contributed by atoms with E-state index in [1.807, 2.05) is 12.3 Å². The molecule has 5 nitrogen and oxygen atoms in total. The number of methoxy groups -OCH3 is 1. The van der Waals surface area contributed by atoms with Crippen LogP contribution in [0.1, 0.15) is 30.1 Å². The quantitative estimate of drug-likeness (QED) is 0.815. The van der Waals surface area contributed by atoms with Gasteiger partial charge >= 0.3 is 0 Å². The molecule has 0 fully saturated rings. The van der Waals surface area contributed by atoms with Crippen LogP contribution in [0.5, 0.6) is 0 Å². The zero-order valence-corrected chi connectivity index (χ0v) is 12.6. The molecular weight excluding hydrogens is 272 g/mol. The molecule has 0 radical (unpaired) electrons. The van der Waals surface area contributed by atoms with E-state index in [9.17, 15) is 8.42 Å². The van der Waals surface area contributed by atoms with Crippen molar-refractivity contribution in [1.82, 2.24) is 4.98 Å². The van der Waals surface area contributed by atoms with Gasteiger partial charge in [-0.2, -0.15) is 0 Å². The third-order valence-corrected chi connectivity index (χ3v) is 4.48. The summed E-state index contributed by atoms with van der Waals surface area (Å²) in [7, 11) is -1.30. The second kappa shape index (κ2) is 6.60. The standard InChI is InChI=1S/C11H20N2O3S2/c1-8(16-2)6-11-13-10(7-17-11)9(12)4-5-18(3,14)15/h7-9H,4-6,12H2,1-3H3. The highest BCUT2D eigenvalue weighted by molar-refractivity contribution is 7.90. The maximum Gasteiger partial charge on any atom is 0.147 e. The summed E-state index contributed by atoms with van der Waals surface area (Å²) in [5, 5.41) is 2.86. The van der Waals surface area contributed by atoms with Crippen LogP contribution in [0.3, 0.4) is 0 Å². The van der Waals surface area contributed by atoms with Crippen LogP contribution < -0.4 is 5.73 Å². The lowest BCUT2D eigenvalue weighted by molar-refractivity contribution is 0.118. The van der Waals surface area contributed by atoms with Crippen LogP contribution in [-0.4, -0.2) is 38.6 Å². The van der Waals surface area contributed by atoms with Gasteiger partial charge in [0.15, 0.2) is 0 Å². The molecule has 0 spiro atoms. The van der Waals surface area contributed by atoms with E-state index in [0.717, 1.165) is 17.1 Å². The molecule has 0 aromatic carbocycles. The van der Waals surface area contributed by atoms with Gasteiger partial charge in [0.2, 0.25) is 0 Å². The first kappa shape index (κ1) is 15.6. The van der Waals surface area contributed by atoms with Crippen LogP contribution in [0, 0.1) is 0 Å². The average molecular weight is 292 g/mol. The lowest BCUT2D eigenvalue weighted by atomic mass is 10.2. The molecule has 0 aliphatic rings. The fourth-order valence-corrected chi connectivity index (χ4v) is 3.06. The van der Waals surface area contributed by atoms with Gasteiger partial charge in [-0.1, -0.05) is 0 Å². The van der Waals surface area contributed by atoms with Crippen LogP contribution in [0.2, 0.25) is 0 Å². The Labute approximate surface area is 112 Å². The van der Waals surface area contributed by atoms with E-state index in [4.69, 9.17) is 10.5 Å². The van der Waals surface area contributed by atoms with E-state index >= 15 is 0 Å². The van der Waals surface area contributed by atoms with Crippen molar-refractivity contribution in [2.24, 2.45) is 5.73 Å². The van der Waals surface area contributed by atoms with Gasteiger partial charge in [-0.05, 0) is 13.3 Å². The van der Waals surface area contributed by atoms with Gasteiger partial charge in [-0.15, -0.1) is 11.3 Å². The number of rotatable bonds is 7. The Balaban J connectivity index is 2.56.